The molecule has 36 nitrogen and oxygen atoms in total. The molecule has 0 spiro atoms. The van der Waals surface area contributed by atoms with Crippen molar-refractivity contribution in [3.05, 3.63) is 75.8 Å². The molecule has 0 amide bonds. The second-order valence-electron chi connectivity index (χ2n) is 19.8. The number of hydrogen-bond acceptors (Lipinski definition) is 36. The van der Waals surface area contributed by atoms with Crippen molar-refractivity contribution in [2.75, 3.05) is 13.2 Å². The summed E-state index contributed by atoms with van der Waals surface area (Å²) in [6.45, 7) is -2.43. The van der Waals surface area contributed by atoms with Gasteiger partial charge < -0.3 is 150 Å². The number of benzene rings is 6. The molecule has 0 aliphatic carbocycles. The molecule has 0 aromatic heterocycles. The molecule has 36 heteroatoms. The average molecular weight is 1270 g/mol. The van der Waals surface area contributed by atoms with E-state index in [-0.39, 0.29) is 0 Å². The van der Waals surface area contributed by atoms with Gasteiger partial charge in [-0.1, -0.05) is 0 Å². The first-order valence-electron chi connectivity index (χ1n) is 25.2. The van der Waals surface area contributed by atoms with Crippen LogP contribution >= 0.6 is 0 Å². The molecule has 0 saturated carbocycles. The fraction of sp³-hybridized carbons (Fsp3) is 0.222. The number of carbonyl (C=O) groups is 6. The third kappa shape index (κ3) is 10.2. The number of cyclic esters (lactones) is 2. The van der Waals surface area contributed by atoms with Crippen LogP contribution < -0.4 is 4.74 Å². The van der Waals surface area contributed by atoms with E-state index in [4.69, 9.17) is 42.6 Å². The number of esters is 6. The van der Waals surface area contributed by atoms with Crippen molar-refractivity contribution >= 4 is 35.8 Å². The lowest BCUT2D eigenvalue weighted by molar-refractivity contribution is -0.284. The van der Waals surface area contributed by atoms with Crippen LogP contribution in [0.2, 0.25) is 0 Å². The average Bonchev–Trinajstić information content (AvgIpc) is 1.08. The highest BCUT2D eigenvalue weighted by Crippen LogP contribution is 2.59. The number of ether oxygens (including phenoxy) is 9. The van der Waals surface area contributed by atoms with Crippen molar-refractivity contribution in [1.29, 1.82) is 0 Å². The largest absolute Gasteiger partial charge is 0.504 e. The summed E-state index contributed by atoms with van der Waals surface area (Å²) in [6.07, 6.45) is -23.7. The summed E-state index contributed by atoms with van der Waals surface area (Å²) in [5, 5.41) is 227. The van der Waals surface area contributed by atoms with Crippen molar-refractivity contribution < 1.29 is 179 Å². The predicted octanol–water partition coefficient (Wildman–Crippen LogP) is -0.193. The maximum Gasteiger partial charge on any atom is 0.343 e. The molecule has 10 atom stereocenters. The van der Waals surface area contributed by atoms with Gasteiger partial charge in [0.25, 0.3) is 0 Å². The van der Waals surface area contributed by atoms with Gasteiger partial charge in [0.15, 0.2) is 87.0 Å². The molecule has 6 aromatic carbocycles. The molecule has 0 radical (unpaired) electrons. The minimum Gasteiger partial charge on any atom is -0.504 e. The predicted molar refractivity (Wildman–Crippen MR) is 276 cm³/mol. The van der Waals surface area contributed by atoms with E-state index < -0.39 is 275 Å². The Hall–Kier alpha value is -11.7. The third-order valence-corrected chi connectivity index (χ3v) is 14.3. The first-order chi connectivity index (χ1) is 42.3. The van der Waals surface area contributed by atoms with Crippen molar-refractivity contribution in [2.45, 2.75) is 61.4 Å². The summed E-state index contributed by atoms with van der Waals surface area (Å²) in [5.74, 6) is -37.0. The summed E-state index contributed by atoms with van der Waals surface area (Å²) in [7, 11) is 0. The van der Waals surface area contributed by atoms with Crippen molar-refractivity contribution in [1.82, 2.24) is 0 Å². The van der Waals surface area contributed by atoms with E-state index in [2.05, 4.69) is 0 Å². The number of phenolic OH excluding ortho intramolecular Hbond substituents is 17. The molecule has 0 bridgehead atoms. The standard InChI is InChI=1S/C54H42O36/c55-15-1-10(2-16(56)29(15)61)47(76)89-53-43(75)41(73)45-23(86-53)9-83-50(79)13-6-19(59)33(65)36(68)26(13)27-28(52(81)88-45)46(39(71)38(70)37(27)69)84-21-4-11(3-17(57)30(21)62)48(77)90-54-42(74)40(72)44-22(85-54)8-82-49(78)12-5-18(58)31(63)34(66)24(12)25-14(51(80)87-44)7-20(60)32(64)35(25)67/h1-7,22-23,40-45,53-75H,8-9H2. The Morgan fingerprint density at radius 1 is 0.367 bits per heavy atom. The Labute approximate surface area is 495 Å². The number of aromatic hydroxyl groups is 17. The number of rotatable bonds is 6. The summed E-state index contributed by atoms with van der Waals surface area (Å²) >= 11 is 0. The molecule has 10 rings (SSSR count). The molecule has 4 heterocycles. The molecule has 90 heavy (non-hydrogen) atoms. The highest BCUT2D eigenvalue weighted by atomic mass is 16.7. The lowest BCUT2D eigenvalue weighted by Gasteiger charge is -2.41. The summed E-state index contributed by atoms with van der Waals surface area (Å²) < 4.78 is 48.5. The second-order valence-corrected chi connectivity index (χ2v) is 19.8. The first-order valence-corrected chi connectivity index (χ1v) is 25.2. The Morgan fingerprint density at radius 3 is 1.16 bits per heavy atom. The maximum absolute atomic E-state index is 14.8. The number of fused-ring (bicyclic) bond motifs is 8. The summed E-state index contributed by atoms with van der Waals surface area (Å²) in [5.41, 5.74) is -11.2. The topological polar surface area (TPSA) is 610 Å². The van der Waals surface area contributed by atoms with Crippen LogP contribution in [0.3, 0.4) is 0 Å². The first kappa shape index (κ1) is 61.4. The van der Waals surface area contributed by atoms with Gasteiger partial charge in [0.2, 0.25) is 47.1 Å². The third-order valence-electron chi connectivity index (χ3n) is 14.3. The van der Waals surface area contributed by atoms with E-state index in [1.54, 1.807) is 0 Å². The number of carbonyl (C=O) groups excluding carboxylic acids is 6. The Kier molecular flexibility index (Phi) is 15.4. The number of aliphatic hydroxyl groups is 4. The maximum atomic E-state index is 14.8. The fourth-order valence-corrected chi connectivity index (χ4v) is 9.78. The van der Waals surface area contributed by atoms with E-state index in [9.17, 15) is 136 Å². The van der Waals surface area contributed by atoms with Gasteiger partial charge in [0, 0.05) is 16.7 Å². The van der Waals surface area contributed by atoms with Crippen LogP contribution in [0.25, 0.3) is 22.3 Å². The van der Waals surface area contributed by atoms with Crippen molar-refractivity contribution in [3.8, 4) is 131 Å². The Morgan fingerprint density at radius 2 is 0.722 bits per heavy atom. The molecule has 2 fully saturated rings. The van der Waals surface area contributed by atoms with E-state index in [1.165, 1.54) is 0 Å². The van der Waals surface area contributed by atoms with Gasteiger partial charge in [-0.2, -0.15) is 0 Å². The monoisotopic (exact) mass is 1270 g/mol. The van der Waals surface area contributed by atoms with Crippen LogP contribution in [0.5, 0.6) is 109 Å². The SMILES string of the molecule is O=C(OC1OC2COC(=O)c3cc(O)c(O)c(O)c3-c3c(cc(O)c(O)c3O)C(=O)OC2C(O)C1O)c1cc(O)c(O)c(Oc2c(O)c(O)c(O)c3c2C(=O)OC2C(COC(=O)c4cc(O)c(O)c(O)c4-3)OC(OC(=O)c3cc(O)c(O)c(O)c3)C(O)C2O)c1. The quantitative estimate of drug-likeness (QED) is 0.0584. The van der Waals surface area contributed by atoms with Crippen LogP contribution in [-0.4, -0.2) is 218 Å². The Balaban J connectivity index is 0.998. The molecule has 21 N–H and O–H groups in total. The highest BCUT2D eigenvalue weighted by Gasteiger charge is 2.52. The lowest BCUT2D eigenvalue weighted by Crippen LogP contribution is -2.61. The lowest BCUT2D eigenvalue weighted by atomic mass is 9.91. The normalized spacial score (nSPS) is 23.1. The summed E-state index contributed by atoms with van der Waals surface area (Å²) in [4.78, 5) is 83.5. The molecule has 474 valence electrons. The molecule has 6 aromatic rings. The van der Waals surface area contributed by atoms with E-state index in [1.807, 2.05) is 0 Å². The fourth-order valence-electron chi connectivity index (χ4n) is 9.78. The minimum absolute atomic E-state index is 0.357. The van der Waals surface area contributed by atoms with E-state index >= 15 is 0 Å². The van der Waals surface area contributed by atoms with Gasteiger partial charge in [-0.15, -0.1) is 0 Å². The molecule has 10 unspecified atom stereocenters. The zero-order valence-corrected chi connectivity index (χ0v) is 44.2. The molecular weight excluding hydrogens is 1220 g/mol. The van der Waals surface area contributed by atoms with E-state index in [0.717, 1.165) is 0 Å². The Bertz CT molecular complexity index is 4060. The highest BCUT2D eigenvalue weighted by molar-refractivity contribution is 6.11. The van der Waals surface area contributed by atoms with Crippen LogP contribution in [0.4, 0.5) is 0 Å². The van der Waals surface area contributed by atoms with Crippen molar-refractivity contribution in [2.24, 2.45) is 0 Å². The van der Waals surface area contributed by atoms with Crippen molar-refractivity contribution in [3.63, 3.8) is 0 Å². The zero-order chi connectivity index (χ0) is 65.7. The second kappa shape index (κ2) is 22.5. The van der Waals surface area contributed by atoms with Gasteiger partial charge in [0.1, 0.15) is 55.4 Å². The molecule has 4 aliphatic rings. The van der Waals surface area contributed by atoms with Crippen LogP contribution in [-0.2, 0) is 37.9 Å². The molecular formula is C54H42O36. The van der Waals surface area contributed by atoms with Gasteiger partial charge in [-0.3, -0.25) is 0 Å². The van der Waals surface area contributed by atoms with Gasteiger partial charge in [-0.05, 0) is 42.5 Å². The van der Waals surface area contributed by atoms with E-state index in [0.29, 0.717) is 42.5 Å². The smallest absolute Gasteiger partial charge is 0.343 e. The minimum atomic E-state index is -2.54. The van der Waals surface area contributed by atoms with Gasteiger partial charge >= 0.3 is 35.8 Å². The summed E-state index contributed by atoms with van der Waals surface area (Å²) in [6, 6.07) is 3.25. The van der Waals surface area contributed by atoms with Gasteiger partial charge in [0.05, 0.1) is 33.4 Å². The van der Waals surface area contributed by atoms with Crippen LogP contribution in [0, 0.1) is 0 Å². The number of phenols is 17. The van der Waals surface area contributed by atoms with Crippen LogP contribution in [0.15, 0.2) is 42.5 Å². The van der Waals surface area contributed by atoms with Gasteiger partial charge in [-0.25, -0.2) is 28.8 Å². The van der Waals surface area contributed by atoms with Crippen LogP contribution in [0.1, 0.15) is 62.1 Å². The molecule has 2 saturated heterocycles. The number of aliphatic hydroxyl groups excluding tert-OH is 4. The molecule has 4 aliphatic heterocycles. The zero-order valence-electron chi connectivity index (χ0n) is 44.2. The number of hydrogen-bond donors (Lipinski definition) is 21.